The van der Waals surface area contributed by atoms with Crippen molar-refractivity contribution in [2.75, 3.05) is 6.54 Å². The van der Waals surface area contributed by atoms with Crippen molar-refractivity contribution in [3.8, 4) is 0 Å². The number of ether oxygens (including phenoxy) is 1. The lowest BCUT2D eigenvalue weighted by atomic mass is 10.0. The fourth-order valence-corrected chi connectivity index (χ4v) is 1.31. The zero-order chi connectivity index (χ0) is 9.90. The molecule has 0 radical (unpaired) electrons. The average Bonchev–Trinajstić information content (AvgIpc) is 2.55. The Labute approximate surface area is 78.9 Å². The van der Waals surface area contributed by atoms with Crippen molar-refractivity contribution < 1.29 is 9.15 Å². The summed E-state index contributed by atoms with van der Waals surface area (Å²) in [6, 6.07) is 3.72. The molecule has 3 heteroatoms. The third kappa shape index (κ3) is 2.32. The van der Waals surface area contributed by atoms with E-state index in [2.05, 4.69) is 0 Å². The van der Waals surface area contributed by atoms with Gasteiger partial charge in [0.2, 0.25) is 0 Å². The lowest BCUT2D eigenvalue weighted by molar-refractivity contribution is -0.0789. The molecule has 74 valence electrons. The SMILES string of the molecule is CC(C)OC(C)(CN)c1ccco1. The summed E-state index contributed by atoms with van der Waals surface area (Å²) in [6.07, 6.45) is 1.77. The molecule has 0 amide bonds. The summed E-state index contributed by atoms with van der Waals surface area (Å²) in [4.78, 5) is 0. The highest BCUT2D eigenvalue weighted by Gasteiger charge is 2.29. The minimum Gasteiger partial charge on any atom is -0.466 e. The highest BCUT2D eigenvalue weighted by molar-refractivity contribution is 5.09. The first kappa shape index (κ1) is 10.3. The zero-order valence-corrected chi connectivity index (χ0v) is 8.41. The molecule has 0 aliphatic heterocycles. The smallest absolute Gasteiger partial charge is 0.136 e. The monoisotopic (exact) mass is 183 g/mol. The standard InChI is InChI=1S/C10H17NO2/c1-8(2)13-10(3,7-11)9-5-4-6-12-9/h4-6,8H,7,11H2,1-3H3. The maximum atomic E-state index is 5.71. The van der Waals surface area contributed by atoms with Gasteiger partial charge in [-0.25, -0.2) is 0 Å². The largest absolute Gasteiger partial charge is 0.466 e. The highest BCUT2D eigenvalue weighted by atomic mass is 16.5. The quantitative estimate of drug-likeness (QED) is 0.775. The molecule has 1 aromatic rings. The van der Waals surface area contributed by atoms with Gasteiger partial charge in [0.05, 0.1) is 12.4 Å². The summed E-state index contributed by atoms with van der Waals surface area (Å²) >= 11 is 0. The molecule has 0 saturated carbocycles. The Hall–Kier alpha value is -0.800. The van der Waals surface area contributed by atoms with Gasteiger partial charge < -0.3 is 14.9 Å². The van der Waals surface area contributed by atoms with Crippen LogP contribution in [-0.4, -0.2) is 12.6 Å². The van der Waals surface area contributed by atoms with E-state index in [0.29, 0.717) is 6.54 Å². The van der Waals surface area contributed by atoms with Crippen LogP contribution in [0.3, 0.4) is 0 Å². The summed E-state index contributed by atoms with van der Waals surface area (Å²) in [6.45, 7) is 6.32. The molecule has 0 bridgehead atoms. The first-order valence-corrected chi connectivity index (χ1v) is 4.50. The second kappa shape index (κ2) is 3.94. The molecule has 0 aromatic carbocycles. The van der Waals surface area contributed by atoms with Crippen molar-refractivity contribution in [3.05, 3.63) is 24.2 Å². The predicted molar refractivity (Wildman–Crippen MR) is 51.3 cm³/mol. The Bertz CT molecular complexity index is 243. The Morgan fingerprint density at radius 3 is 2.69 bits per heavy atom. The zero-order valence-electron chi connectivity index (χ0n) is 8.41. The van der Waals surface area contributed by atoms with E-state index in [1.807, 2.05) is 32.9 Å². The summed E-state index contributed by atoms with van der Waals surface area (Å²) in [5.74, 6) is 0.781. The average molecular weight is 183 g/mol. The first-order valence-electron chi connectivity index (χ1n) is 4.50. The van der Waals surface area contributed by atoms with Gasteiger partial charge in [-0.15, -0.1) is 0 Å². The molecule has 1 atom stereocenters. The molecule has 1 unspecified atom stereocenters. The fourth-order valence-electron chi connectivity index (χ4n) is 1.31. The van der Waals surface area contributed by atoms with Gasteiger partial charge in [-0.3, -0.25) is 0 Å². The van der Waals surface area contributed by atoms with Crippen LogP contribution < -0.4 is 5.73 Å². The van der Waals surface area contributed by atoms with Gasteiger partial charge in [-0.05, 0) is 32.9 Å². The fraction of sp³-hybridized carbons (Fsp3) is 0.600. The van der Waals surface area contributed by atoms with Crippen molar-refractivity contribution in [3.63, 3.8) is 0 Å². The van der Waals surface area contributed by atoms with Crippen LogP contribution in [-0.2, 0) is 10.3 Å². The molecule has 0 saturated heterocycles. The Morgan fingerprint density at radius 2 is 2.31 bits per heavy atom. The number of hydrogen-bond donors (Lipinski definition) is 1. The van der Waals surface area contributed by atoms with Crippen LogP contribution in [0.4, 0.5) is 0 Å². The van der Waals surface area contributed by atoms with Crippen LogP contribution in [0, 0.1) is 0 Å². The second-order valence-electron chi connectivity index (χ2n) is 3.58. The van der Waals surface area contributed by atoms with E-state index in [1.54, 1.807) is 6.26 Å². The number of furan rings is 1. The summed E-state index contributed by atoms with van der Waals surface area (Å²) in [5.41, 5.74) is 5.16. The van der Waals surface area contributed by atoms with Crippen LogP contribution in [0.5, 0.6) is 0 Å². The van der Waals surface area contributed by atoms with E-state index in [-0.39, 0.29) is 6.10 Å². The molecule has 1 aromatic heterocycles. The van der Waals surface area contributed by atoms with E-state index in [9.17, 15) is 0 Å². The molecule has 0 aliphatic rings. The maximum absolute atomic E-state index is 5.71. The van der Waals surface area contributed by atoms with Crippen LogP contribution >= 0.6 is 0 Å². The first-order chi connectivity index (χ1) is 6.08. The van der Waals surface area contributed by atoms with Gasteiger partial charge in [0.25, 0.3) is 0 Å². The predicted octanol–water partition coefficient (Wildman–Crippen LogP) is 1.88. The Kier molecular flexibility index (Phi) is 3.12. The van der Waals surface area contributed by atoms with Gasteiger partial charge in [0, 0.05) is 6.54 Å². The lowest BCUT2D eigenvalue weighted by Gasteiger charge is -2.28. The van der Waals surface area contributed by atoms with E-state index in [4.69, 9.17) is 14.9 Å². The van der Waals surface area contributed by atoms with Crippen molar-refractivity contribution in [2.45, 2.75) is 32.5 Å². The van der Waals surface area contributed by atoms with E-state index in [0.717, 1.165) is 5.76 Å². The van der Waals surface area contributed by atoms with Crippen LogP contribution in [0.1, 0.15) is 26.5 Å². The molecule has 1 rings (SSSR count). The molecule has 1 heterocycles. The number of hydrogen-bond acceptors (Lipinski definition) is 3. The summed E-state index contributed by atoms with van der Waals surface area (Å²) in [7, 11) is 0. The minimum atomic E-state index is -0.502. The molecule has 13 heavy (non-hydrogen) atoms. The minimum absolute atomic E-state index is 0.138. The second-order valence-corrected chi connectivity index (χ2v) is 3.58. The number of rotatable bonds is 4. The van der Waals surface area contributed by atoms with Crippen molar-refractivity contribution in [1.29, 1.82) is 0 Å². The Morgan fingerprint density at radius 1 is 1.62 bits per heavy atom. The van der Waals surface area contributed by atoms with Crippen molar-refractivity contribution in [2.24, 2.45) is 5.73 Å². The molecule has 0 fully saturated rings. The third-order valence-corrected chi connectivity index (χ3v) is 1.93. The molecule has 3 nitrogen and oxygen atoms in total. The summed E-state index contributed by atoms with van der Waals surface area (Å²) in [5, 5.41) is 0. The maximum Gasteiger partial charge on any atom is 0.136 e. The topological polar surface area (TPSA) is 48.4 Å². The van der Waals surface area contributed by atoms with Gasteiger partial charge in [-0.1, -0.05) is 0 Å². The van der Waals surface area contributed by atoms with Gasteiger partial charge in [0.1, 0.15) is 11.4 Å². The molecule has 0 aliphatic carbocycles. The molecular weight excluding hydrogens is 166 g/mol. The molecular formula is C10H17NO2. The van der Waals surface area contributed by atoms with Crippen molar-refractivity contribution >= 4 is 0 Å². The normalized spacial score (nSPS) is 16.1. The molecule has 2 N–H and O–H groups in total. The Balaban J connectivity index is 2.81. The van der Waals surface area contributed by atoms with Crippen molar-refractivity contribution in [1.82, 2.24) is 0 Å². The van der Waals surface area contributed by atoms with E-state index < -0.39 is 5.60 Å². The highest BCUT2D eigenvalue weighted by Crippen LogP contribution is 2.25. The third-order valence-electron chi connectivity index (χ3n) is 1.93. The lowest BCUT2D eigenvalue weighted by Crippen LogP contribution is -2.36. The molecule has 0 spiro atoms. The van der Waals surface area contributed by atoms with E-state index in [1.165, 1.54) is 0 Å². The van der Waals surface area contributed by atoms with Gasteiger partial charge >= 0.3 is 0 Å². The van der Waals surface area contributed by atoms with Crippen LogP contribution in [0.2, 0.25) is 0 Å². The van der Waals surface area contributed by atoms with Crippen LogP contribution in [0.25, 0.3) is 0 Å². The summed E-state index contributed by atoms with van der Waals surface area (Å²) < 4.78 is 11.0. The van der Waals surface area contributed by atoms with Gasteiger partial charge in [0.15, 0.2) is 0 Å². The van der Waals surface area contributed by atoms with Crippen LogP contribution in [0.15, 0.2) is 22.8 Å². The van der Waals surface area contributed by atoms with E-state index >= 15 is 0 Å². The number of nitrogens with two attached hydrogens (primary N) is 1. The van der Waals surface area contributed by atoms with Gasteiger partial charge in [-0.2, -0.15) is 0 Å².